The number of rotatable bonds is 2. The monoisotopic (exact) mass is 308 g/mol. The highest BCUT2D eigenvalue weighted by molar-refractivity contribution is 5.96. The predicted octanol–water partition coefficient (Wildman–Crippen LogP) is 3.08. The third-order valence-corrected chi connectivity index (χ3v) is 5.50. The average Bonchev–Trinajstić information content (AvgIpc) is 3.22. The van der Waals surface area contributed by atoms with Crippen LogP contribution in [-0.4, -0.2) is 25.1 Å². The first-order valence-corrected chi connectivity index (χ1v) is 8.14. The molecule has 0 aromatic heterocycles. The van der Waals surface area contributed by atoms with Gasteiger partial charge in [0.05, 0.1) is 31.2 Å². The van der Waals surface area contributed by atoms with Crippen LogP contribution in [0.25, 0.3) is 0 Å². The average molecular weight is 308 g/mol. The number of benzene rings is 1. The van der Waals surface area contributed by atoms with Gasteiger partial charge < -0.3 is 9.47 Å². The Kier molecular flexibility index (Phi) is 3.32. The number of fused-ring (bicyclic) bond motifs is 5. The van der Waals surface area contributed by atoms with Crippen LogP contribution in [0.15, 0.2) is 30.4 Å². The molecule has 118 valence electrons. The third kappa shape index (κ3) is 1.98. The lowest BCUT2D eigenvalue weighted by Gasteiger charge is -2.20. The Hall–Kier alpha value is -2.05. The minimum Gasteiger partial charge on any atom is -0.496 e. The highest BCUT2D eigenvalue weighted by atomic mass is 16.5. The van der Waals surface area contributed by atoms with Crippen molar-refractivity contribution in [2.24, 2.45) is 11.8 Å². The van der Waals surface area contributed by atoms with Gasteiger partial charge in [-0.05, 0) is 31.9 Å². The van der Waals surface area contributed by atoms with Crippen LogP contribution >= 0.6 is 0 Å². The van der Waals surface area contributed by atoms with E-state index in [-0.39, 0.29) is 35.7 Å². The molecule has 1 aromatic rings. The summed E-state index contributed by atoms with van der Waals surface area (Å²) >= 11 is 0. The molecule has 3 aliphatic rings. The maximum absolute atomic E-state index is 13.0. The molecule has 3 fully saturated rings. The minimum absolute atomic E-state index is 0.00827. The minimum atomic E-state index is -0.268. The van der Waals surface area contributed by atoms with E-state index in [9.17, 15) is 4.79 Å². The summed E-state index contributed by atoms with van der Waals surface area (Å²) < 4.78 is 11.5. The van der Waals surface area contributed by atoms with E-state index in [4.69, 9.17) is 9.47 Å². The maximum atomic E-state index is 13.0. The fourth-order valence-corrected chi connectivity index (χ4v) is 4.60. The van der Waals surface area contributed by atoms with Crippen molar-refractivity contribution in [1.82, 2.24) is 0 Å². The highest BCUT2D eigenvalue weighted by Gasteiger charge is 2.60. The first kappa shape index (κ1) is 14.5. The Bertz CT molecular complexity index is 724. The summed E-state index contributed by atoms with van der Waals surface area (Å²) in [7, 11) is 1.64. The van der Waals surface area contributed by atoms with Crippen molar-refractivity contribution in [2.45, 2.75) is 37.9 Å². The van der Waals surface area contributed by atoms with Crippen LogP contribution in [0.5, 0.6) is 5.75 Å². The van der Waals surface area contributed by atoms with E-state index >= 15 is 0 Å². The molecular formula is C20H20O3. The molecule has 1 aromatic carbocycles. The summed E-state index contributed by atoms with van der Waals surface area (Å²) in [4.78, 5) is 13.0. The summed E-state index contributed by atoms with van der Waals surface area (Å²) in [5.74, 6) is 6.80. The lowest BCUT2D eigenvalue weighted by Crippen LogP contribution is -2.27. The molecule has 3 nitrogen and oxygen atoms in total. The predicted molar refractivity (Wildman–Crippen MR) is 87.3 cm³/mol. The molecule has 0 amide bonds. The molecule has 0 radical (unpaired) electrons. The van der Waals surface area contributed by atoms with Crippen molar-refractivity contribution in [2.75, 3.05) is 7.11 Å². The van der Waals surface area contributed by atoms with Gasteiger partial charge in [-0.1, -0.05) is 24.1 Å². The zero-order valence-electron chi connectivity index (χ0n) is 13.5. The smallest absolute Gasteiger partial charge is 0.150 e. The quantitative estimate of drug-likeness (QED) is 0.622. The molecular weight excluding hydrogens is 288 g/mol. The summed E-state index contributed by atoms with van der Waals surface area (Å²) in [6.45, 7) is 6.08. The Morgan fingerprint density at radius 3 is 2.65 bits per heavy atom. The van der Waals surface area contributed by atoms with Gasteiger partial charge in [-0.15, -0.1) is 5.92 Å². The van der Waals surface area contributed by atoms with Crippen LogP contribution in [0.2, 0.25) is 0 Å². The van der Waals surface area contributed by atoms with E-state index in [1.54, 1.807) is 14.0 Å². The van der Waals surface area contributed by atoms with Gasteiger partial charge in [0, 0.05) is 17.0 Å². The topological polar surface area (TPSA) is 35.5 Å². The van der Waals surface area contributed by atoms with Gasteiger partial charge in [0.15, 0.2) is 5.78 Å². The van der Waals surface area contributed by atoms with Gasteiger partial charge in [-0.25, -0.2) is 0 Å². The van der Waals surface area contributed by atoms with E-state index in [0.717, 1.165) is 35.3 Å². The summed E-state index contributed by atoms with van der Waals surface area (Å²) in [5, 5.41) is 0. The third-order valence-electron chi connectivity index (χ3n) is 5.50. The van der Waals surface area contributed by atoms with Crippen molar-refractivity contribution in [3.8, 4) is 17.6 Å². The molecule has 1 aliphatic carbocycles. The molecule has 1 saturated carbocycles. The maximum Gasteiger partial charge on any atom is 0.150 e. The van der Waals surface area contributed by atoms with E-state index in [1.807, 2.05) is 18.2 Å². The van der Waals surface area contributed by atoms with Crippen LogP contribution in [0.3, 0.4) is 0 Å². The zero-order chi connectivity index (χ0) is 16.1. The lowest BCUT2D eigenvalue weighted by atomic mass is 9.80. The molecule has 23 heavy (non-hydrogen) atoms. The molecule has 2 aliphatic heterocycles. The molecule has 2 saturated heterocycles. The molecule has 3 unspecified atom stereocenters. The van der Waals surface area contributed by atoms with E-state index in [1.165, 1.54) is 0 Å². The van der Waals surface area contributed by atoms with Gasteiger partial charge in [0.25, 0.3) is 0 Å². The number of hydrogen-bond donors (Lipinski definition) is 0. The Labute approximate surface area is 136 Å². The number of hydrogen-bond acceptors (Lipinski definition) is 3. The number of carbonyl (C=O) groups excluding carboxylic acids is 1. The van der Waals surface area contributed by atoms with E-state index < -0.39 is 0 Å². The van der Waals surface area contributed by atoms with Crippen LogP contribution < -0.4 is 4.74 Å². The van der Waals surface area contributed by atoms with Crippen LogP contribution in [0, 0.1) is 23.7 Å². The van der Waals surface area contributed by atoms with Crippen molar-refractivity contribution in [1.29, 1.82) is 0 Å². The Morgan fingerprint density at radius 1 is 1.26 bits per heavy atom. The zero-order valence-corrected chi connectivity index (χ0v) is 13.5. The Morgan fingerprint density at radius 2 is 2.00 bits per heavy atom. The number of methoxy groups -OCH3 is 1. The second kappa shape index (κ2) is 5.25. The molecule has 0 spiro atoms. The number of ketones is 1. The fraction of sp³-hybridized carbons (Fsp3) is 0.450. The summed E-state index contributed by atoms with van der Waals surface area (Å²) in [6.07, 6.45) is 2.32. The second-order valence-corrected chi connectivity index (χ2v) is 6.58. The van der Waals surface area contributed by atoms with E-state index in [2.05, 4.69) is 18.4 Å². The van der Waals surface area contributed by atoms with Crippen LogP contribution in [-0.2, 0) is 9.53 Å². The normalized spacial score (nSPS) is 34.3. The number of ether oxygens (including phenoxy) is 2. The molecule has 2 bridgehead atoms. The number of Topliss-reactive ketones (excluding diaryl/α,β-unsaturated/α-hetero) is 1. The van der Waals surface area contributed by atoms with Gasteiger partial charge in [0.1, 0.15) is 5.75 Å². The largest absolute Gasteiger partial charge is 0.496 e. The second-order valence-electron chi connectivity index (χ2n) is 6.58. The molecule has 4 rings (SSSR count). The van der Waals surface area contributed by atoms with Crippen molar-refractivity contribution < 1.29 is 14.3 Å². The summed E-state index contributed by atoms with van der Waals surface area (Å²) in [6, 6.07) is 5.83. The van der Waals surface area contributed by atoms with Gasteiger partial charge in [-0.2, -0.15) is 0 Å². The van der Waals surface area contributed by atoms with Crippen LogP contribution in [0.4, 0.5) is 0 Å². The van der Waals surface area contributed by atoms with E-state index in [0.29, 0.717) is 0 Å². The van der Waals surface area contributed by atoms with Crippen molar-refractivity contribution in [3.05, 3.63) is 41.5 Å². The Balaban J connectivity index is 1.75. The van der Waals surface area contributed by atoms with Gasteiger partial charge >= 0.3 is 0 Å². The molecule has 2 heterocycles. The first-order chi connectivity index (χ1) is 11.2. The standard InChI is InChI=1S/C20H20O3/c1-4-5-12-6-7-13(16(10-12)22-3)17-11(2)18-14-8-9-15(23-14)19(18)20(17)21/h6-7,10,14-15,17-19H,2,8-9H2,1,3H3/t14?,15?,17?,18-,19+/m1/s1. The lowest BCUT2D eigenvalue weighted by molar-refractivity contribution is -0.123. The van der Waals surface area contributed by atoms with Crippen LogP contribution in [0.1, 0.15) is 36.8 Å². The first-order valence-electron chi connectivity index (χ1n) is 8.14. The fourth-order valence-electron chi connectivity index (χ4n) is 4.60. The molecule has 0 N–H and O–H groups in total. The van der Waals surface area contributed by atoms with Gasteiger partial charge in [-0.3, -0.25) is 4.79 Å². The van der Waals surface area contributed by atoms with Gasteiger partial charge in [0.2, 0.25) is 0 Å². The SMILES string of the molecule is C=C1C(c2ccc(C#CC)cc2OC)C(=O)[C@H]2C3CCC(O3)[C@@H]12. The summed E-state index contributed by atoms with van der Waals surface area (Å²) in [5.41, 5.74) is 2.81. The highest BCUT2D eigenvalue weighted by Crippen LogP contribution is 2.57. The van der Waals surface area contributed by atoms with Crippen molar-refractivity contribution >= 4 is 5.78 Å². The number of carbonyl (C=O) groups is 1. The molecule has 3 heteroatoms. The molecule has 5 atom stereocenters. The van der Waals surface area contributed by atoms with Crippen molar-refractivity contribution in [3.63, 3.8) is 0 Å².